The lowest BCUT2D eigenvalue weighted by Gasteiger charge is -2.20. The molecule has 0 aliphatic heterocycles. The summed E-state index contributed by atoms with van der Waals surface area (Å²) < 4.78 is 0. The fraction of sp³-hybridized carbons (Fsp3) is 0.462. The summed E-state index contributed by atoms with van der Waals surface area (Å²) in [6.07, 6.45) is 0. The molecule has 1 aromatic carbocycles. The third-order valence-corrected chi connectivity index (χ3v) is 2.98. The van der Waals surface area contributed by atoms with Gasteiger partial charge < -0.3 is 4.90 Å². The number of nitrogens with zero attached hydrogens (tertiary/aromatic N) is 1. The molecule has 16 heavy (non-hydrogen) atoms. The van der Waals surface area contributed by atoms with Crippen LogP contribution in [-0.4, -0.2) is 18.8 Å². The van der Waals surface area contributed by atoms with Crippen molar-refractivity contribution in [3.8, 4) is 0 Å². The van der Waals surface area contributed by atoms with Gasteiger partial charge in [-0.05, 0) is 30.0 Å². The van der Waals surface area contributed by atoms with Crippen molar-refractivity contribution in [3.63, 3.8) is 0 Å². The van der Waals surface area contributed by atoms with E-state index in [-0.39, 0.29) is 11.8 Å². The van der Waals surface area contributed by atoms with Crippen LogP contribution in [0, 0.1) is 6.92 Å². The van der Waals surface area contributed by atoms with Crippen LogP contribution in [0.1, 0.15) is 30.9 Å². The summed E-state index contributed by atoms with van der Waals surface area (Å²) in [5.74, 6) is 0.395. The molecule has 0 saturated carbocycles. The molecule has 0 saturated heterocycles. The first-order chi connectivity index (χ1) is 7.47. The summed E-state index contributed by atoms with van der Waals surface area (Å²) in [7, 11) is 1.76. The molecule has 0 spiro atoms. The monoisotopic (exact) mass is 239 g/mol. The second-order valence-electron chi connectivity index (χ2n) is 4.29. The summed E-state index contributed by atoms with van der Waals surface area (Å²) >= 11 is 5.56. The molecular weight excluding hydrogens is 222 g/mol. The summed E-state index contributed by atoms with van der Waals surface area (Å²) in [6, 6.07) is 6.20. The zero-order chi connectivity index (χ0) is 12.3. The summed E-state index contributed by atoms with van der Waals surface area (Å²) in [5.41, 5.74) is 3.26. The van der Waals surface area contributed by atoms with Crippen molar-refractivity contribution in [1.29, 1.82) is 0 Å². The molecular formula is C13H18ClNO. The van der Waals surface area contributed by atoms with E-state index >= 15 is 0 Å². The Morgan fingerprint density at radius 1 is 1.44 bits per heavy atom. The number of amides is 1. The third-order valence-electron chi connectivity index (χ3n) is 2.75. The van der Waals surface area contributed by atoms with Crippen molar-refractivity contribution < 1.29 is 4.79 Å². The van der Waals surface area contributed by atoms with Gasteiger partial charge in [0.15, 0.2) is 0 Å². The maximum Gasteiger partial charge on any atom is 0.241 e. The number of rotatable bonds is 3. The van der Waals surface area contributed by atoms with E-state index in [4.69, 9.17) is 11.6 Å². The number of anilines is 1. The van der Waals surface area contributed by atoms with Crippen LogP contribution in [0.15, 0.2) is 18.2 Å². The number of halogens is 1. The number of hydrogen-bond donors (Lipinski definition) is 0. The van der Waals surface area contributed by atoms with Crippen molar-refractivity contribution in [1.82, 2.24) is 0 Å². The molecule has 3 heteroatoms. The zero-order valence-electron chi connectivity index (χ0n) is 10.2. The minimum Gasteiger partial charge on any atom is -0.314 e. The summed E-state index contributed by atoms with van der Waals surface area (Å²) in [5, 5.41) is 0. The predicted molar refractivity (Wildman–Crippen MR) is 69.4 cm³/mol. The summed E-state index contributed by atoms with van der Waals surface area (Å²) in [6.45, 7) is 6.27. The van der Waals surface area contributed by atoms with Crippen molar-refractivity contribution in [2.24, 2.45) is 0 Å². The average molecular weight is 240 g/mol. The number of carbonyl (C=O) groups is 1. The van der Waals surface area contributed by atoms with Gasteiger partial charge in [0.1, 0.15) is 5.88 Å². The molecule has 1 aromatic rings. The maximum atomic E-state index is 11.5. The molecule has 0 aliphatic rings. The normalized spacial score (nSPS) is 10.6. The molecule has 0 fully saturated rings. The molecule has 2 nitrogen and oxygen atoms in total. The Balaban J connectivity index is 3.11. The van der Waals surface area contributed by atoms with E-state index in [0.717, 1.165) is 11.3 Å². The lowest BCUT2D eigenvalue weighted by Crippen LogP contribution is -2.28. The highest BCUT2D eigenvalue weighted by Crippen LogP contribution is 2.25. The van der Waals surface area contributed by atoms with Crippen LogP contribution in [0.4, 0.5) is 5.69 Å². The first-order valence-corrected chi connectivity index (χ1v) is 5.94. The van der Waals surface area contributed by atoms with E-state index in [9.17, 15) is 4.79 Å². The zero-order valence-corrected chi connectivity index (χ0v) is 11.0. The summed E-state index contributed by atoms with van der Waals surface area (Å²) in [4.78, 5) is 13.2. The van der Waals surface area contributed by atoms with Gasteiger partial charge in [-0.15, -0.1) is 11.6 Å². The van der Waals surface area contributed by atoms with Crippen LogP contribution < -0.4 is 4.90 Å². The van der Waals surface area contributed by atoms with E-state index in [2.05, 4.69) is 26.0 Å². The number of hydrogen-bond acceptors (Lipinski definition) is 1. The van der Waals surface area contributed by atoms with Gasteiger partial charge in [-0.2, -0.15) is 0 Å². The van der Waals surface area contributed by atoms with Gasteiger partial charge in [0, 0.05) is 12.7 Å². The van der Waals surface area contributed by atoms with Crippen molar-refractivity contribution in [2.75, 3.05) is 17.8 Å². The number of benzene rings is 1. The number of alkyl halides is 1. The molecule has 0 atom stereocenters. The Kier molecular flexibility index (Phi) is 4.36. The largest absolute Gasteiger partial charge is 0.314 e. The minimum atomic E-state index is -0.0781. The van der Waals surface area contributed by atoms with Gasteiger partial charge in [0.05, 0.1) is 0 Å². The standard InChI is InChI=1S/C13H18ClNO/c1-9(2)11-6-5-10(3)12(7-11)15(4)13(16)8-14/h5-7,9H,8H2,1-4H3. The Bertz CT molecular complexity index is 388. The Hall–Kier alpha value is -1.02. The van der Waals surface area contributed by atoms with Crippen molar-refractivity contribution in [3.05, 3.63) is 29.3 Å². The highest BCUT2D eigenvalue weighted by Gasteiger charge is 2.13. The van der Waals surface area contributed by atoms with Gasteiger partial charge >= 0.3 is 0 Å². The molecule has 0 radical (unpaired) electrons. The van der Waals surface area contributed by atoms with E-state index in [1.165, 1.54) is 5.56 Å². The second kappa shape index (κ2) is 5.35. The number of aryl methyl sites for hydroxylation is 1. The highest BCUT2D eigenvalue weighted by molar-refractivity contribution is 6.29. The Morgan fingerprint density at radius 3 is 2.56 bits per heavy atom. The van der Waals surface area contributed by atoms with E-state index in [1.54, 1.807) is 11.9 Å². The Labute approximate surface area is 102 Å². The number of carbonyl (C=O) groups excluding carboxylic acids is 1. The lowest BCUT2D eigenvalue weighted by molar-refractivity contribution is -0.116. The van der Waals surface area contributed by atoms with Crippen LogP contribution in [0.3, 0.4) is 0 Å². The molecule has 0 N–H and O–H groups in total. The topological polar surface area (TPSA) is 20.3 Å². The van der Waals surface area contributed by atoms with Crippen LogP contribution in [-0.2, 0) is 4.79 Å². The van der Waals surface area contributed by atoms with Gasteiger partial charge in [-0.25, -0.2) is 0 Å². The average Bonchev–Trinajstić information content (AvgIpc) is 2.27. The quantitative estimate of drug-likeness (QED) is 0.741. The third kappa shape index (κ3) is 2.76. The van der Waals surface area contributed by atoms with Gasteiger partial charge in [-0.3, -0.25) is 4.79 Å². The SMILES string of the molecule is Cc1ccc(C(C)C)cc1N(C)C(=O)CCl. The van der Waals surface area contributed by atoms with Crippen LogP contribution in [0.25, 0.3) is 0 Å². The molecule has 0 aromatic heterocycles. The Morgan fingerprint density at radius 2 is 2.06 bits per heavy atom. The van der Waals surface area contributed by atoms with Crippen molar-refractivity contribution >= 4 is 23.2 Å². The molecule has 0 heterocycles. The molecule has 1 amide bonds. The molecule has 0 bridgehead atoms. The van der Waals surface area contributed by atoms with Gasteiger partial charge in [0.2, 0.25) is 5.91 Å². The smallest absolute Gasteiger partial charge is 0.241 e. The van der Waals surface area contributed by atoms with Gasteiger partial charge in [-0.1, -0.05) is 26.0 Å². The highest BCUT2D eigenvalue weighted by atomic mass is 35.5. The van der Waals surface area contributed by atoms with E-state index in [1.807, 2.05) is 13.0 Å². The van der Waals surface area contributed by atoms with Crippen molar-refractivity contribution in [2.45, 2.75) is 26.7 Å². The first kappa shape index (κ1) is 13.0. The van der Waals surface area contributed by atoms with Crippen LogP contribution in [0.5, 0.6) is 0 Å². The van der Waals surface area contributed by atoms with Crippen LogP contribution in [0.2, 0.25) is 0 Å². The maximum absolute atomic E-state index is 11.5. The minimum absolute atomic E-state index is 0.0157. The molecule has 88 valence electrons. The van der Waals surface area contributed by atoms with Crippen LogP contribution >= 0.6 is 11.6 Å². The molecule has 0 aliphatic carbocycles. The first-order valence-electron chi connectivity index (χ1n) is 5.40. The van der Waals surface area contributed by atoms with Gasteiger partial charge in [0.25, 0.3) is 0 Å². The molecule has 0 unspecified atom stereocenters. The second-order valence-corrected chi connectivity index (χ2v) is 4.55. The fourth-order valence-corrected chi connectivity index (χ4v) is 1.75. The van der Waals surface area contributed by atoms with E-state index < -0.39 is 0 Å². The lowest BCUT2D eigenvalue weighted by atomic mass is 10.0. The van der Waals surface area contributed by atoms with E-state index in [0.29, 0.717) is 5.92 Å². The predicted octanol–water partition coefficient (Wildman–Crippen LogP) is 3.32. The fourth-order valence-electron chi connectivity index (χ4n) is 1.57. The molecule has 1 rings (SSSR count).